The van der Waals surface area contributed by atoms with Gasteiger partial charge in [-0.25, -0.2) is 0 Å². The molecule has 1 N–H and O–H groups in total. The average Bonchev–Trinajstić information content (AvgIpc) is 3.45. The van der Waals surface area contributed by atoms with E-state index in [1.54, 1.807) is 13.8 Å². The number of fused-ring (bicyclic) bond motifs is 7. The van der Waals surface area contributed by atoms with Gasteiger partial charge in [0.05, 0.1) is 11.8 Å². The number of aliphatic carboxylic acids is 1. The third-order valence-electron chi connectivity index (χ3n) is 17.4. The van der Waals surface area contributed by atoms with Crippen LogP contribution in [0.4, 0.5) is 0 Å². The van der Waals surface area contributed by atoms with Gasteiger partial charge in [0.25, 0.3) is 0 Å². The van der Waals surface area contributed by atoms with Crippen LogP contribution in [0.2, 0.25) is 5.02 Å². The van der Waals surface area contributed by atoms with Crippen molar-refractivity contribution in [2.45, 2.75) is 152 Å². The van der Waals surface area contributed by atoms with Crippen LogP contribution < -0.4 is 0 Å². The van der Waals surface area contributed by atoms with Crippen LogP contribution >= 0.6 is 11.6 Å². The fourth-order valence-corrected chi connectivity index (χ4v) is 14.2. The van der Waals surface area contributed by atoms with E-state index in [1.807, 2.05) is 12.1 Å². The molecule has 5 aliphatic carbocycles. The Morgan fingerprint density at radius 1 is 0.900 bits per heavy atom. The predicted molar refractivity (Wildman–Crippen MR) is 236 cm³/mol. The Morgan fingerprint density at radius 3 is 2.17 bits per heavy atom. The molecule has 0 aliphatic heterocycles. The predicted octanol–water partition coefficient (Wildman–Crippen LogP) is 10.0. The third-order valence-corrected chi connectivity index (χ3v) is 17.6. The first-order valence-corrected chi connectivity index (χ1v) is 23.2. The van der Waals surface area contributed by atoms with E-state index in [4.69, 9.17) is 21.1 Å². The highest BCUT2D eigenvalue weighted by atomic mass is 35.5. The van der Waals surface area contributed by atoms with Gasteiger partial charge in [-0.15, -0.1) is 0 Å². The zero-order valence-electron chi connectivity index (χ0n) is 38.8. The lowest BCUT2D eigenvalue weighted by atomic mass is 9.33. The van der Waals surface area contributed by atoms with Gasteiger partial charge in [0.1, 0.15) is 12.2 Å². The number of ether oxygens (including phenoxy) is 2. The van der Waals surface area contributed by atoms with Crippen molar-refractivity contribution < 1.29 is 33.8 Å². The van der Waals surface area contributed by atoms with Gasteiger partial charge in [0.2, 0.25) is 0 Å². The Labute approximate surface area is 365 Å². The Kier molecular flexibility index (Phi) is 13.0. The van der Waals surface area contributed by atoms with Gasteiger partial charge in [0, 0.05) is 55.4 Å². The number of likely N-dealkylation sites (N-methyl/N-ethyl adjacent to an activating group) is 1. The van der Waals surface area contributed by atoms with E-state index >= 15 is 0 Å². The lowest BCUT2D eigenvalue weighted by Gasteiger charge is -2.72. The topological polar surface area (TPSA) is 113 Å². The molecule has 0 radical (unpaired) electrons. The fourth-order valence-electron chi connectivity index (χ4n) is 14.1. The number of nitrogens with zero attached hydrogens (tertiary/aromatic N) is 2. The van der Waals surface area contributed by atoms with Crippen LogP contribution in [0.25, 0.3) is 0 Å². The van der Waals surface area contributed by atoms with Crippen LogP contribution in [-0.2, 0) is 35.2 Å². The third kappa shape index (κ3) is 8.15. The second-order valence-corrected chi connectivity index (χ2v) is 22.8. The molecule has 4 fully saturated rings. The summed E-state index contributed by atoms with van der Waals surface area (Å²) >= 11 is 6.28. The molecule has 0 bridgehead atoms. The number of hydrogen-bond acceptors (Lipinski definition) is 8. The average molecular weight is 852 g/mol. The maximum Gasteiger partial charge on any atom is 0.309 e. The highest BCUT2D eigenvalue weighted by Crippen LogP contribution is 2.77. The van der Waals surface area contributed by atoms with E-state index in [9.17, 15) is 24.3 Å². The molecular weight excluding hydrogens is 776 g/mol. The Hall–Kier alpha value is -2.75. The smallest absolute Gasteiger partial charge is 0.309 e. The zero-order valence-corrected chi connectivity index (χ0v) is 39.6. The molecule has 60 heavy (non-hydrogen) atoms. The van der Waals surface area contributed by atoms with E-state index in [1.165, 1.54) is 12.5 Å². The Morgan fingerprint density at radius 2 is 1.57 bits per heavy atom. The molecule has 1 aromatic rings. The summed E-state index contributed by atoms with van der Waals surface area (Å²) in [5.74, 6) is -0.457. The monoisotopic (exact) mass is 851 g/mol. The van der Waals surface area contributed by atoms with Gasteiger partial charge in [0.15, 0.2) is 5.78 Å². The standard InChI is InChI=1S/C50H75ClN2O7/c1-31(2)42-36(55)27-50(40(59-32(3)54)30-53(26-25-52(11)12)29-33-13-15-34(51)16-14-33)24-23-48(9)35(43(42)50)17-18-38-47(8)21-20-39(60-41(56)28-45(4,5)44(57)58)46(6,7)37(47)19-22-49(38,48)10/h13-16,31,35,37-40H,17-30H2,1-12H3,(H,57,58)/t35-,37?,38-,39+,40?,47+,48-,49-,50?/m1/s1. The van der Waals surface area contributed by atoms with E-state index in [0.717, 1.165) is 75.6 Å². The van der Waals surface area contributed by atoms with Crippen LogP contribution in [0.3, 0.4) is 0 Å². The lowest BCUT2D eigenvalue weighted by molar-refractivity contribution is -0.235. The number of carboxylic acid groups (broad SMARTS) is 1. The van der Waals surface area contributed by atoms with Gasteiger partial charge in [-0.05, 0) is 148 Å². The zero-order chi connectivity index (χ0) is 44.4. The van der Waals surface area contributed by atoms with Crippen molar-refractivity contribution in [3.63, 3.8) is 0 Å². The summed E-state index contributed by atoms with van der Waals surface area (Å²) in [5.41, 5.74) is 1.36. The second-order valence-electron chi connectivity index (χ2n) is 22.3. The van der Waals surface area contributed by atoms with Crippen molar-refractivity contribution in [3.8, 4) is 0 Å². The quantitative estimate of drug-likeness (QED) is 0.183. The van der Waals surface area contributed by atoms with Crippen LogP contribution in [0.15, 0.2) is 35.4 Å². The summed E-state index contributed by atoms with van der Waals surface area (Å²) in [6.07, 6.45) is 7.11. The van der Waals surface area contributed by atoms with Gasteiger partial charge < -0.3 is 19.5 Å². The van der Waals surface area contributed by atoms with Crippen LogP contribution in [-0.4, -0.2) is 84.5 Å². The van der Waals surface area contributed by atoms with Crippen LogP contribution in [0.1, 0.15) is 139 Å². The number of hydrogen-bond donors (Lipinski definition) is 1. The number of carboxylic acids is 1. The largest absolute Gasteiger partial charge is 0.481 e. The highest BCUT2D eigenvalue weighted by Gasteiger charge is 2.71. The summed E-state index contributed by atoms with van der Waals surface area (Å²) < 4.78 is 12.7. The Bertz CT molecular complexity index is 1850. The number of carbonyl (C=O) groups excluding carboxylic acids is 3. The van der Waals surface area contributed by atoms with Crippen molar-refractivity contribution in [2.75, 3.05) is 33.7 Å². The normalized spacial score (nSPS) is 34.2. The fraction of sp³-hybridized carbons (Fsp3) is 0.760. The second kappa shape index (κ2) is 16.7. The molecule has 0 heterocycles. The molecule has 0 aromatic heterocycles. The van der Waals surface area contributed by atoms with Gasteiger partial charge >= 0.3 is 17.9 Å². The number of carbonyl (C=O) groups is 4. The first kappa shape index (κ1) is 46.7. The molecule has 9 nitrogen and oxygen atoms in total. The number of esters is 2. The van der Waals surface area contributed by atoms with Crippen molar-refractivity contribution in [2.24, 2.45) is 56.2 Å². The highest BCUT2D eigenvalue weighted by molar-refractivity contribution is 6.30. The lowest BCUT2D eigenvalue weighted by Crippen LogP contribution is -2.66. The molecule has 5 aliphatic rings. The molecule has 9 atom stereocenters. The molecule has 0 saturated heterocycles. The minimum absolute atomic E-state index is 0.00240. The molecule has 1 aromatic carbocycles. The molecule has 334 valence electrons. The van der Waals surface area contributed by atoms with Crippen LogP contribution in [0, 0.1) is 56.2 Å². The number of benzene rings is 1. The number of Topliss-reactive ketones (excluding diaryl/α,β-unsaturated/α-hetero) is 1. The first-order valence-electron chi connectivity index (χ1n) is 22.8. The van der Waals surface area contributed by atoms with Gasteiger partial charge in [-0.1, -0.05) is 72.2 Å². The molecule has 6 rings (SSSR count). The van der Waals surface area contributed by atoms with E-state index in [0.29, 0.717) is 36.4 Å². The van der Waals surface area contributed by atoms with Crippen molar-refractivity contribution in [3.05, 3.63) is 46.0 Å². The number of rotatable bonds is 14. The van der Waals surface area contributed by atoms with E-state index in [-0.39, 0.29) is 57.8 Å². The first-order chi connectivity index (χ1) is 27.8. The molecule has 3 unspecified atom stereocenters. The molecule has 0 spiro atoms. The summed E-state index contributed by atoms with van der Waals surface area (Å²) in [4.78, 5) is 57.4. The van der Waals surface area contributed by atoms with Gasteiger partial charge in [-0.2, -0.15) is 0 Å². The molecule has 4 saturated carbocycles. The van der Waals surface area contributed by atoms with Crippen molar-refractivity contribution >= 4 is 35.3 Å². The molecular formula is C50H75ClN2O7. The number of allylic oxidation sites excluding steroid dienone is 1. The van der Waals surface area contributed by atoms with Crippen LogP contribution in [0.5, 0.6) is 0 Å². The molecule has 10 heteroatoms. The Balaban J connectivity index is 1.33. The van der Waals surface area contributed by atoms with Crippen molar-refractivity contribution in [1.29, 1.82) is 0 Å². The minimum Gasteiger partial charge on any atom is -0.481 e. The van der Waals surface area contributed by atoms with E-state index in [2.05, 4.69) is 84.5 Å². The summed E-state index contributed by atoms with van der Waals surface area (Å²) in [5, 5.41) is 10.4. The summed E-state index contributed by atoms with van der Waals surface area (Å²) in [6.45, 7) is 24.0. The summed E-state index contributed by atoms with van der Waals surface area (Å²) in [7, 11) is 4.15. The minimum atomic E-state index is -1.18. The maximum absolute atomic E-state index is 14.6. The van der Waals surface area contributed by atoms with Gasteiger partial charge in [-0.3, -0.25) is 24.1 Å². The van der Waals surface area contributed by atoms with Crippen molar-refractivity contribution in [1.82, 2.24) is 9.80 Å². The maximum atomic E-state index is 14.6. The number of halogens is 1. The molecule has 0 amide bonds. The number of ketones is 1. The SMILES string of the molecule is CC(=O)OC(CN(CCN(C)C)Cc1ccc(Cl)cc1)C12CC[C@]3(C)[C@H](CC[C@@H]4[C@@]5(C)CC[C@H](OC(=O)CC(C)(C)C(=O)O)C(C)(C)C5CC[C@]43C)C1=C(C(C)C)C(=O)C2. The summed E-state index contributed by atoms with van der Waals surface area (Å²) in [6, 6.07) is 7.98. The van der Waals surface area contributed by atoms with E-state index < -0.39 is 28.9 Å².